The highest BCUT2D eigenvalue weighted by Crippen LogP contribution is 2.26. The van der Waals surface area contributed by atoms with E-state index in [2.05, 4.69) is 44.8 Å². The van der Waals surface area contributed by atoms with Crippen LogP contribution in [0.25, 0.3) is 0 Å². The average Bonchev–Trinajstić information content (AvgIpc) is 2.14. The van der Waals surface area contributed by atoms with Crippen LogP contribution < -0.4 is 0 Å². The van der Waals surface area contributed by atoms with E-state index in [1.807, 2.05) is 18.0 Å². The molecule has 0 unspecified atom stereocenters. The standard InChI is InChI=1S/C12H19NS/c1-5-11-7-6-10(8-13-11)9-14-12(2,3)4/h6-8H,5,9H2,1-4H3. The lowest BCUT2D eigenvalue weighted by molar-refractivity contribution is 0.802. The Hall–Kier alpha value is -0.500. The summed E-state index contributed by atoms with van der Waals surface area (Å²) in [7, 11) is 0. The van der Waals surface area contributed by atoms with Crippen molar-refractivity contribution < 1.29 is 0 Å². The minimum Gasteiger partial charge on any atom is -0.261 e. The van der Waals surface area contributed by atoms with Crippen LogP contribution in [-0.4, -0.2) is 9.73 Å². The van der Waals surface area contributed by atoms with Gasteiger partial charge in [0.05, 0.1) is 0 Å². The molecule has 1 nitrogen and oxygen atoms in total. The van der Waals surface area contributed by atoms with Crippen molar-refractivity contribution in [3.8, 4) is 0 Å². The summed E-state index contributed by atoms with van der Waals surface area (Å²) in [5, 5.41) is 0. The number of thioether (sulfide) groups is 1. The molecular weight excluding hydrogens is 190 g/mol. The summed E-state index contributed by atoms with van der Waals surface area (Å²) >= 11 is 1.96. The van der Waals surface area contributed by atoms with Crippen LogP contribution in [0.5, 0.6) is 0 Å². The normalized spacial score (nSPS) is 11.7. The molecule has 0 fully saturated rings. The maximum atomic E-state index is 4.38. The Bertz CT molecular complexity index is 271. The molecular formula is C12H19NS. The highest BCUT2D eigenvalue weighted by atomic mass is 32.2. The van der Waals surface area contributed by atoms with E-state index >= 15 is 0 Å². The fourth-order valence-corrected chi connectivity index (χ4v) is 1.82. The molecule has 1 aromatic heterocycles. The quantitative estimate of drug-likeness (QED) is 0.753. The Kier molecular flexibility index (Phi) is 3.99. The first-order valence-electron chi connectivity index (χ1n) is 5.09. The molecule has 0 radical (unpaired) electrons. The topological polar surface area (TPSA) is 12.9 Å². The van der Waals surface area contributed by atoms with Gasteiger partial charge >= 0.3 is 0 Å². The maximum Gasteiger partial charge on any atom is 0.0401 e. The van der Waals surface area contributed by atoms with Gasteiger partial charge in [0.25, 0.3) is 0 Å². The maximum absolute atomic E-state index is 4.38. The zero-order valence-electron chi connectivity index (χ0n) is 9.50. The zero-order chi connectivity index (χ0) is 10.6. The Balaban J connectivity index is 2.52. The number of aromatic nitrogens is 1. The second-order valence-electron chi connectivity index (χ2n) is 4.41. The van der Waals surface area contributed by atoms with E-state index in [4.69, 9.17) is 0 Å². The molecule has 2 heteroatoms. The molecule has 1 heterocycles. The Morgan fingerprint density at radius 1 is 1.29 bits per heavy atom. The van der Waals surface area contributed by atoms with Crippen LogP contribution in [0.3, 0.4) is 0 Å². The van der Waals surface area contributed by atoms with Gasteiger partial charge in [0.1, 0.15) is 0 Å². The third kappa shape index (κ3) is 4.14. The summed E-state index contributed by atoms with van der Waals surface area (Å²) in [5.74, 6) is 1.06. The van der Waals surface area contributed by atoms with Gasteiger partial charge < -0.3 is 0 Å². The van der Waals surface area contributed by atoms with Crippen molar-refractivity contribution in [1.82, 2.24) is 4.98 Å². The van der Waals surface area contributed by atoms with E-state index in [-0.39, 0.29) is 0 Å². The average molecular weight is 209 g/mol. The van der Waals surface area contributed by atoms with Gasteiger partial charge in [-0.3, -0.25) is 4.98 Å². The number of pyridine rings is 1. The van der Waals surface area contributed by atoms with E-state index in [1.165, 1.54) is 11.3 Å². The summed E-state index contributed by atoms with van der Waals surface area (Å²) in [6.07, 6.45) is 3.02. The van der Waals surface area contributed by atoms with Gasteiger partial charge in [-0.1, -0.05) is 33.8 Å². The van der Waals surface area contributed by atoms with Gasteiger partial charge in [0.2, 0.25) is 0 Å². The minimum atomic E-state index is 0.337. The first-order chi connectivity index (χ1) is 6.51. The van der Waals surface area contributed by atoms with Gasteiger partial charge in [0.15, 0.2) is 0 Å². The number of rotatable bonds is 3. The first-order valence-corrected chi connectivity index (χ1v) is 6.07. The largest absolute Gasteiger partial charge is 0.261 e. The van der Waals surface area contributed by atoms with Gasteiger partial charge in [-0.25, -0.2) is 0 Å². The van der Waals surface area contributed by atoms with Crippen LogP contribution in [0.1, 0.15) is 39.0 Å². The summed E-state index contributed by atoms with van der Waals surface area (Å²) < 4.78 is 0.337. The molecule has 1 aromatic rings. The SMILES string of the molecule is CCc1ccc(CSC(C)(C)C)cn1. The lowest BCUT2D eigenvalue weighted by Crippen LogP contribution is -2.07. The molecule has 0 aliphatic heterocycles. The Morgan fingerprint density at radius 3 is 2.43 bits per heavy atom. The lowest BCUT2D eigenvalue weighted by Gasteiger charge is -2.17. The van der Waals surface area contributed by atoms with E-state index in [1.54, 1.807) is 0 Å². The van der Waals surface area contributed by atoms with Crippen LogP contribution in [-0.2, 0) is 12.2 Å². The predicted molar refractivity (Wildman–Crippen MR) is 64.7 cm³/mol. The van der Waals surface area contributed by atoms with Gasteiger partial charge in [-0.05, 0) is 18.1 Å². The molecule has 0 aliphatic carbocycles. The van der Waals surface area contributed by atoms with Crippen LogP contribution in [0.2, 0.25) is 0 Å². The summed E-state index contributed by atoms with van der Waals surface area (Å²) in [6, 6.07) is 4.31. The number of hydrogen-bond acceptors (Lipinski definition) is 2. The van der Waals surface area contributed by atoms with Crippen molar-refractivity contribution in [3.63, 3.8) is 0 Å². The Labute approximate surface area is 91.3 Å². The molecule has 0 aromatic carbocycles. The smallest absolute Gasteiger partial charge is 0.0401 e. The van der Waals surface area contributed by atoms with Crippen LogP contribution in [0, 0.1) is 0 Å². The van der Waals surface area contributed by atoms with E-state index in [9.17, 15) is 0 Å². The van der Waals surface area contributed by atoms with Crippen molar-refractivity contribution in [2.75, 3.05) is 0 Å². The van der Waals surface area contributed by atoms with Crippen molar-refractivity contribution in [3.05, 3.63) is 29.6 Å². The highest BCUT2D eigenvalue weighted by molar-refractivity contribution is 7.99. The summed E-state index contributed by atoms with van der Waals surface area (Å²) in [5.41, 5.74) is 2.50. The minimum absolute atomic E-state index is 0.337. The molecule has 0 N–H and O–H groups in total. The number of aryl methyl sites for hydroxylation is 1. The summed E-state index contributed by atoms with van der Waals surface area (Å²) in [6.45, 7) is 8.86. The molecule has 78 valence electrons. The fraction of sp³-hybridized carbons (Fsp3) is 0.583. The van der Waals surface area contributed by atoms with Gasteiger partial charge in [-0.2, -0.15) is 11.8 Å². The van der Waals surface area contributed by atoms with Gasteiger partial charge in [0, 0.05) is 22.4 Å². The Morgan fingerprint density at radius 2 is 2.00 bits per heavy atom. The molecule has 0 saturated carbocycles. The number of hydrogen-bond donors (Lipinski definition) is 0. The van der Waals surface area contributed by atoms with Crippen LogP contribution in [0.15, 0.2) is 18.3 Å². The second-order valence-corrected chi connectivity index (χ2v) is 6.21. The summed E-state index contributed by atoms with van der Waals surface area (Å²) in [4.78, 5) is 4.38. The number of nitrogens with zero attached hydrogens (tertiary/aromatic N) is 1. The first kappa shape index (κ1) is 11.6. The molecule has 0 aliphatic rings. The highest BCUT2D eigenvalue weighted by Gasteiger charge is 2.10. The van der Waals surface area contributed by atoms with Crippen LogP contribution >= 0.6 is 11.8 Å². The fourth-order valence-electron chi connectivity index (χ4n) is 1.05. The van der Waals surface area contributed by atoms with Crippen molar-refractivity contribution >= 4 is 11.8 Å². The third-order valence-electron chi connectivity index (χ3n) is 1.92. The van der Waals surface area contributed by atoms with E-state index in [0.29, 0.717) is 4.75 Å². The van der Waals surface area contributed by atoms with Crippen molar-refractivity contribution in [2.45, 2.75) is 44.6 Å². The van der Waals surface area contributed by atoms with Crippen LogP contribution in [0.4, 0.5) is 0 Å². The van der Waals surface area contributed by atoms with Gasteiger partial charge in [-0.15, -0.1) is 0 Å². The van der Waals surface area contributed by atoms with E-state index in [0.717, 1.165) is 12.2 Å². The monoisotopic (exact) mass is 209 g/mol. The second kappa shape index (κ2) is 4.83. The third-order valence-corrected chi connectivity index (χ3v) is 3.26. The molecule has 0 amide bonds. The van der Waals surface area contributed by atoms with Crippen molar-refractivity contribution in [2.24, 2.45) is 0 Å². The van der Waals surface area contributed by atoms with Crippen molar-refractivity contribution in [1.29, 1.82) is 0 Å². The lowest BCUT2D eigenvalue weighted by atomic mass is 10.2. The molecule has 0 bridgehead atoms. The predicted octanol–water partition coefficient (Wildman–Crippen LogP) is 3.68. The molecule has 0 saturated heterocycles. The molecule has 1 rings (SSSR count). The molecule has 0 spiro atoms. The molecule has 0 atom stereocenters. The van der Waals surface area contributed by atoms with E-state index < -0.39 is 0 Å². The molecule has 14 heavy (non-hydrogen) atoms. The zero-order valence-corrected chi connectivity index (χ0v) is 10.3.